The molecule has 0 bridgehead atoms. The zero-order valence-electron chi connectivity index (χ0n) is 23.9. The maximum absolute atomic E-state index is 14.6. The van der Waals surface area contributed by atoms with E-state index in [1.165, 1.54) is 0 Å². The van der Waals surface area contributed by atoms with Crippen LogP contribution in [0.1, 0.15) is 63.0 Å². The van der Waals surface area contributed by atoms with Crippen molar-refractivity contribution in [3.05, 3.63) is 53.6 Å². The van der Waals surface area contributed by atoms with Gasteiger partial charge in [-0.05, 0) is 64.0 Å². The average molecular weight is 551 g/mol. The molecule has 4 heterocycles. The Morgan fingerprint density at radius 1 is 0.950 bits per heavy atom. The Morgan fingerprint density at radius 2 is 1.70 bits per heavy atom. The van der Waals surface area contributed by atoms with E-state index in [2.05, 4.69) is 0 Å². The first-order valence-electron chi connectivity index (χ1n) is 14.8. The lowest BCUT2D eigenvalue weighted by molar-refractivity contribution is -0.158. The number of hydrogen-bond donors (Lipinski definition) is 1. The van der Waals surface area contributed by atoms with Crippen molar-refractivity contribution in [1.82, 2.24) is 4.90 Å². The monoisotopic (exact) mass is 550 g/mol. The molecule has 8 nitrogen and oxygen atoms in total. The number of aryl methyl sites for hydroxylation is 2. The molecule has 0 radical (unpaired) electrons. The van der Waals surface area contributed by atoms with E-state index < -0.39 is 35.0 Å². The summed E-state index contributed by atoms with van der Waals surface area (Å²) in [7, 11) is 0. The predicted molar refractivity (Wildman–Crippen MR) is 152 cm³/mol. The number of amides is 2. The molecular formula is C32H42N2O6. The summed E-state index contributed by atoms with van der Waals surface area (Å²) in [5.41, 5.74) is 0.429. The fourth-order valence-electron chi connectivity index (χ4n) is 7.22. The number of benzene rings is 1. The zero-order chi connectivity index (χ0) is 28.5. The Balaban J connectivity index is 1.59. The van der Waals surface area contributed by atoms with Gasteiger partial charge in [0.05, 0.1) is 18.1 Å². The van der Waals surface area contributed by atoms with Crippen LogP contribution in [0.3, 0.4) is 0 Å². The normalized spacial score (nSPS) is 32.8. The number of ether oxygens (including phenoxy) is 2. The highest BCUT2D eigenvalue weighted by atomic mass is 16.6. The van der Waals surface area contributed by atoms with Crippen molar-refractivity contribution >= 4 is 23.5 Å². The van der Waals surface area contributed by atoms with Gasteiger partial charge in [0.25, 0.3) is 5.91 Å². The number of para-hydroxylation sites is 1. The Kier molecular flexibility index (Phi) is 8.20. The number of carbonyl (C=O) groups is 3. The number of cyclic esters (lactones) is 1. The first-order valence-corrected chi connectivity index (χ1v) is 14.8. The number of hydrogen-bond acceptors (Lipinski definition) is 6. The second-order valence-corrected chi connectivity index (χ2v) is 11.8. The van der Waals surface area contributed by atoms with Crippen molar-refractivity contribution in [2.45, 2.75) is 83.0 Å². The van der Waals surface area contributed by atoms with E-state index in [9.17, 15) is 19.5 Å². The number of likely N-dealkylation sites (tertiary alicyclic amines) is 1. The second kappa shape index (κ2) is 11.5. The number of nitrogens with zero attached hydrogens (tertiary/aromatic N) is 2. The number of allylic oxidation sites excluding steroid dienone is 1. The van der Waals surface area contributed by atoms with Crippen molar-refractivity contribution in [3.63, 3.8) is 0 Å². The second-order valence-electron chi connectivity index (χ2n) is 11.8. The van der Waals surface area contributed by atoms with Crippen molar-refractivity contribution in [3.8, 4) is 0 Å². The fourth-order valence-corrected chi connectivity index (χ4v) is 7.22. The molecule has 2 saturated heterocycles. The molecule has 40 heavy (non-hydrogen) atoms. The summed E-state index contributed by atoms with van der Waals surface area (Å²) in [6, 6.07) is 5.05. The van der Waals surface area contributed by atoms with Crippen LogP contribution >= 0.6 is 0 Å². The zero-order valence-corrected chi connectivity index (χ0v) is 23.9. The van der Waals surface area contributed by atoms with Crippen LogP contribution < -0.4 is 4.90 Å². The van der Waals surface area contributed by atoms with E-state index in [4.69, 9.17) is 9.47 Å². The molecule has 0 aromatic heterocycles. The molecule has 1 aromatic rings. The summed E-state index contributed by atoms with van der Waals surface area (Å²) in [6.45, 7) is 6.99. The van der Waals surface area contributed by atoms with Gasteiger partial charge in [0.2, 0.25) is 5.91 Å². The highest BCUT2D eigenvalue weighted by Crippen LogP contribution is 2.57. The van der Waals surface area contributed by atoms with Gasteiger partial charge in [-0.1, -0.05) is 55.3 Å². The van der Waals surface area contributed by atoms with Crippen LogP contribution in [0.4, 0.5) is 5.69 Å². The molecule has 1 unspecified atom stereocenters. The molecule has 2 fully saturated rings. The lowest BCUT2D eigenvalue weighted by atomic mass is 9.74. The molecule has 1 aromatic carbocycles. The van der Waals surface area contributed by atoms with Crippen molar-refractivity contribution in [1.29, 1.82) is 0 Å². The molecule has 0 aliphatic carbocycles. The highest BCUT2D eigenvalue weighted by Gasteiger charge is 2.74. The Bertz CT molecular complexity index is 1190. The van der Waals surface area contributed by atoms with Gasteiger partial charge < -0.3 is 24.4 Å². The van der Waals surface area contributed by atoms with E-state index in [1.807, 2.05) is 63.3 Å². The van der Waals surface area contributed by atoms with Crippen LogP contribution in [0.2, 0.25) is 0 Å². The number of aliphatic hydroxyl groups excluding tert-OH is 1. The summed E-state index contributed by atoms with van der Waals surface area (Å²) in [6.07, 6.45) is 13.3. The van der Waals surface area contributed by atoms with Crippen LogP contribution in [0.25, 0.3) is 0 Å². The number of carbonyl (C=O) groups excluding carboxylic acids is 3. The lowest BCUT2D eigenvalue weighted by Crippen LogP contribution is -2.56. The molecule has 0 saturated carbocycles. The lowest BCUT2D eigenvalue weighted by Gasteiger charge is -2.38. The molecule has 5 rings (SSSR count). The molecule has 216 valence electrons. The number of rotatable bonds is 7. The van der Waals surface area contributed by atoms with Gasteiger partial charge in [0.15, 0.2) is 0 Å². The van der Waals surface area contributed by atoms with E-state index >= 15 is 0 Å². The van der Waals surface area contributed by atoms with Gasteiger partial charge in [-0.15, -0.1) is 0 Å². The fraction of sp³-hybridized carbons (Fsp3) is 0.594. The van der Waals surface area contributed by atoms with Gasteiger partial charge in [0.1, 0.15) is 17.6 Å². The molecule has 5 atom stereocenters. The summed E-state index contributed by atoms with van der Waals surface area (Å²) >= 11 is 0. The first kappa shape index (κ1) is 28.6. The maximum Gasteiger partial charge on any atom is 0.313 e. The number of unbranched alkanes of at least 4 members (excludes halogenated alkanes) is 3. The molecule has 1 spiro atoms. The molecule has 8 heteroatoms. The molecule has 4 aliphatic rings. The van der Waals surface area contributed by atoms with Gasteiger partial charge in [-0.3, -0.25) is 14.4 Å². The van der Waals surface area contributed by atoms with Crippen LogP contribution in [-0.2, 0) is 23.9 Å². The van der Waals surface area contributed by atoms with Crippen LogP contribution in [0.5, 0.6) is 0 Å². The summed E-state index contributed by atoms with van der Waals surface area (Å²) in [5.74, 6) is -2.59. The SMILES string of the molecule is Cc1cccc(C)c1N1CC=C[C@]23O[C@@]4(C)/C=C\CCCCOC(=O)[C@H]4[C@H]2C(=O)N(CCCCCCO)C3C1=O. The minimum atomic E-state index is -1.29. The number of esters is 1. The maximum atomic E-state index is 14.6. The van der Waals surface area contributed by atoms with E-state index in [0.717, 1.165) is 48.9 Å². The third kappa shape index (κ3) is 4.79. The molecule has 4 aliphatic heterocycles. The van der Waals surface area contributed by atoms with Gasteiger partial charge in [-0.25, -0.2) is 0 Å². The smallest absolute Gasteiger partial charge is 0.313 e. The van der Waals surface area contributed by atoms with Gasteiger partial charge >= 0.3 is 5.97 Å². The minimum absolute atomic E-state index is 0.133. The standard InChI is InChI=1S/C32H42N2O6/c1-22-14-12-15-23(2)26(22)33-19-13-17-32-24(25-30(38)39-21-11-7-4-8-16-31(25,3)40-32)28(36)34(27(32)29(33)37)18-9-5-6-10-20-35/h8,12-17,24-25,27,35H,4-7,9-11,18-21H2,1-3H3/b16-8-/t24-,25+,27?,31-,32-/m0/s1. The third-order valence-electron chi connectivity index (χ3n) is 9.02. The van der Waals surface area contributed by atoms with Gasteiger partial charge in [0, 0.05) is 25.4 Å². The Labute approximate surface area is 237 Å². The summed E-state index contributed by atoms with van der Waals surface area (Å²) < 4.78 is 12.6. The molecular weight excluding hydrogens is 508 g/mol. The Morgan fingerprint density at radius 3 is 2.45 bits per heavy atom. The predicted octanol–water partition coefficient (Wildman–Crippen LogP) is 4.01. The van der Waals surface area contributed by atoms with E-state index in [-0.39, 0.29) is 18.4 Å². The Hall–Kier alpha value is -2.97. The highest BCUT2D eigenvalue weighted by molar-refractivity contribution is 6.06. The van der Waals surface area contributed by atoms with E-state index in [1.54, 1.807) is 9.80 Å². The van der Waals surface area contributed by atoms with Crippen LogP contribution in [-0.4, -0.2) is 71.3 Å². The number of fused-ring (bicyclic) bond motifs is 2. The quantitative estimate of drug-likeness (QED) is 0.313. The van der Waals surface area contributed by atoms with Crippen molar-refractivity contribution in [2.75, 3.05) is 31.2 Å². The topological polar surface area (TPSA) is 96.4 Å². The summed E-state index contributed by atoms with van der Waals surface area (Å²) in [4.78, 5) is 46.1. The van der Waals surface area contributed by atoms with Crippen molar-refractivity contribution in [2.24, 2.45) is 11.8 Å². The van der Waals surface area contributed by atoms with Crippen LogP contribution in [0, 0.1) is 25.7 Å². The largest absolute Gasteiger partial charge is 0.465 e. The average Bonchev–Trinajstić information content (AvgIpc) is 3.24. The molecule has 1 N–H and O–H groups in total. The van der Waals surface area contributed by atoms with Crippen LogP contribution in [0.15, 0.2) is 42.5 Å². The number of aliphatic hydroxyl groups is 1. The molecule has 2 amide bonds. The minimum Gasteiger partial charge on any atom is -0.465 e. The summed E-state index contributed by atoms with van der Waals surface area (Å²) in [5, 5.41) is 9.18. The van der Waals surface area contributed by atoms with Gasteiger partial charge in [-0.2, -0.15) is 0 Å². The number of anilines is 1. The van der Waals surface area contributed by atoms with Crippen molar-refractivity contribution < 1.29 is 29.0 Å². The third-order valence-corrected chi connectivity index (χ3v) is 9.02. The van der Waals surface area contributed by atoms with E-state index in [0.29, 0.717) is 32.5 Å². The first-order chi connectivity index (χ1) is 19.2.